The summed E-state index contributed by atoms with van der Waals surface area (Å²) < 4.78 is 31.6. The lowest BCUT2D eigenvalue weighted by Gasteiger charge is -2.09. The molecule has 0 spiro atoms. The van der Waals surface area contributed by atoms with Gasteiger partial charge in [0, 0.05) is 12.1 Å². The average Bonchev–Trinajstić information content (AvgIpc) is 2.40. The maximum absolute atomic E-state index is 13.2. The Labute approximate surface area is 117 Å². The van der Waals surface area contributed by atoms with Crippen LogP contribution in [-0.2, 0) is 6.54 Å². The smallest absolute Gasteiger partial charge is 0.229 e. The molecule has 0 saturated carbocycles. The monoisotopic (exact) mass is 329 g/mol. The first-order valence-electron chi connectivity index (χ1n) is 5.34. The molecule has 1 N–H and O–H groups in total. The second-order valence-corrected chi connectivity index (χ2v) is 4.50. The highest BCUT2D eigenvalue weighted by atomic mass is 79.9. The number of anilines is 1. The predicted octanol–water partition coefficient (Wildman–Crippen LogP) is 3.14. The van der Waals surface area contributed by atoms with E-state index < -0.39 is 11.8 Å². The highest BCUT2D eigenvalue weighted by Gasteiger charge is 2.07. The van der Waals surface area contributed by atoms with Crippen molar-refractivity contribution in [1.29, 1.82) is 0 Å². The number of pyridine rings is 2. The van der Waals surface area contributed by atoms with E-state index in [0.717, 1.165) is 6.20 Å². The normalized spacial score (nSPS) is 10.3. The van der Waals surface area contributed by atoms with Gasteiger partial charge in [-0.15, -0.1) is 0 Å². The standard InChI is InChI=1S/C12H10BrF2N3O/c1-19-12-7(4-8(14)6-17-12)5-16-10-3-2-9(13)11(15)18-10/h2-4,6H,5H2,1H3,(H,16,18). The summed E-state index contributed by atoms with van der Waals surface area (Å²) in [5, 5.41) is 2.87. The number of methoxy groups -OCH3 is 1. The maximum atomic E-state index is 13.2. The van der Waals surface area contributed by atoms with Gasteiger partial charge in [0.2, 0.25) is 11.8 Å². The predicted molar refractivity (Wildman–Crippen MR) is 70.0 cm³/mol. The third-order valence-corrected chi connectivity index (χ3v) is 2.94. The highest BCUT2D eigenvalue weighted by Crippen LogP contribution is 2.19. The Balaban J connectivity index is 2.13. The Morgan fingerprint density at radius 3 is 2.84 bits per heavy atom. The largest absolute Gasteiger partial charge is 0.481 e. The zero-order valence-electron chi connectivity index (χ0n) is 9.95. The SMILES string of the molecule is COc1ncc(F)cc1CNc1ccc(Br)c(F)n1. The van der Waals surface area contributed by atoms with Crippen LogP contribution < -0.4 is 10.1 Å². The van der Waals surface area contributed by atoms with Crippen LogP contribution in [0.15, 0.2) is 28.9 Å². The molecule has 0 aliphatic rings. The van der Waals surface area contributed by atoms with Gasteiger partial charge in [0.25, 0.3) is 0 Å². The highest BCUT2D eigenvalue weighted by molar-refractivity contribution is 9.10. The number of hydrogen-bond donors (Lipinski definition) is 1. The van der Waals surface area contributed by atoms with E-state index in [2.05, 4.69) is 31.2 Å². The van der Waals surface area contributed by atoms with Gasteiger partial charge < -0.3 is 10.1 Å². The minimum absolute atomic E-state index is 0.224. The Morgan fingerprint density at radius 1 is 1.37 bits per heavy atom. The van der Waals surface area contributed by atoms with Gasteiger partial charge in [-0.1, -0.05) is 0 Å². The van der Waals surface area contributed by atoms with Crippen molar-refractivity contribution >= 4 is 21.7 Å². The number of halogens is 3. The van der Waals surface area contributed by atoms with Crippen molar-refractivity contribution in [2.24, 2.45) is 0 Å². The topological polar surface area (TPSA) is 47.0 Å². The van der Waals surface area contributed by atoms with Crippen LogP contribution in [0, 0.1) is 11.8 Å². The van der Waals surface area contributed by atoms with E-state index >= 15 is 0 Å². The summed E-state index contributed by atoms with van der Waals surface area (Å²) in [6, 6.07) is 4.44. The van der Waals surface area contributed by atoms with Gasteiger partial charge in [-0.05, 0) is 34.1 Å². The zero-order valence-corrected chi connectivity index (χ0v) is 11.5. The number of nitrogens with zero attached hydrogens (tertiary/aromatic N) is 2. The molecule has 100 valence electrons. The van der Waals surface area contributed by atoms with Crippen molar-refractivity contribution in [1.82, 2.24) is 9.97 Å². The molecule has 0 aliphatic carbocycles. The third kappa shape index (κ3) is 3.37. The molecule has 19 heavy (non-hydrogen) atoms. The lowest BCUT2D eigenvalue weighted by atomic mass is 10.2. The van der Waals surface area contributed by atoms with Crippen molar-refractivity contribution in [3.05, 3.63) is 46.2 Å². The van der Waals surface area contributed by atoms with Gasteiger partial charge in [-0.2, -0.15) is 4.39 Å². The summed E-state index contributed by atoms with van der Waals surface area (Å²) in [5.74, 6) is -0.430. The Hall–Kier alpha value is -1.76. The van der Waals surface area contributed by atoms with Crippen LogP contribution in [-0.4, -0.2) is 17.1 Å². The van der Waals surface area contributed by atoms with Crippen molar-refractivity contribution in [2.75, 3.05) is 12.4 Å². The average molecular weight is 330 g/mol. The molecule has 0 bridgehead atoms. The first-order valence-corrected chi connectivity index (χ1v) is 6.14. The Bertz CT molecular complexity index is 595. The summed E-state index contributed by atoms with van der Waals surface area (Å²) >= 11 is 3.01. The Kier molecular flexibility index (Phi) is 4.26. The van der Waals surface area contributed by atoms with E-state index in [1.165, 1.54) is 19.2 Å². The first-order chi connectivity index (χ1) is 9.10. The maximum Gasteiger partial charge on any atom is 0.229 e. The van der Waals surface area contributed by atoms with Crippen LogP contribution in [0.4, 0.5) is 14.6 Å². The minimum atomic E-state index is -0.616. The molecule has 2 rings (SSSR count). The van der Waals surface area contributed by atoms with Crippen molar-refractivity contribution in [2.45, 2.75) is 6.54 Å². The molecule has 0 fully saturated rings. The van der Waals surface area contributed by atoms with Crippen LogP contribution in [0.1, 0.15) is 5.56 Å². The molecule has 0 amide bonds. The summed E-state index contributed by atoms with van der Waals surface area (Å²) in [6.07, 6.45) is 1.07. The van der Waals surface area contributed by atoms with Crippen molar-refractivity contribution in [3.8, 4) is 5.88 Å². The molecule has 0 radical (unpaired) electrons. The quantitative estimate of drug-likeness (QED) is 0.875. The van der Waals surface area contributed by atoms with Crippen LogP contribution >= 0.6 is 15.9 Å². The molecule has 0 atom stereocenters. The second-order valence-electron chi connectivity index (χ2n) is 3.64. The number of hydrogen-bond acceptors (Lipinski definition) is 4. The molecule has 0 aromatic carbocycles. The molecule has 2 heterocycles. The van der Waals surface area contributed by atoms with Gasteiger partial charge in [0.15, 0.2) is 0 Å². The van der Waals surface area contributed by atoms with E-state index in [1.54, 1.807) is 6.07 Å². The van der Waals surface area contributed by atoms with Crippen LogP contribution in [0.3, 0.4) is 0 Å². The van der Waals surface area contributed by atoms with Gasteiger partial charge in [-0.25, -0.2) is 14.4 Å². The lowest BCUT2D eigenvalue weighted by molar-refractivity contribution is 0.391. The van der Waals surface area contributed by atoms with Crippen LogP contribution in [0.5, 0.6) is 5.88 Å². The van der Waals surface area contributed by atoms with E-state index in [-0.39, 0.29) is 11.0 Å². The molecule has 4 nitrogen and oxygen atoms in total. The second kappa shape index (κ2) is 5.92. The van der Waals surface area contributed by atoms with Crippen molar-refractivity contribution < 1.29 is 13.5 Å². The summed E-state index contributed by atoms with van der Waals surface area (Å²) in [4.78, 5) is 7.49. The van der Waals surface area contributed by atoms with E-state index in [9.17, 15) is 8.78 Å². The number of nitrogens with one attached hydrogen (secondary N) is 1. The molecule has 0 aliphatic heterocycles. The van der Waals surface area contributed by atoms with Gasteiger partial charge in [0.1, 0.15) is 11.6 Å². The number of ether oxygens (including phenoxy) is 1. The lowest BCUT2D eigenvalue weighted by Crippen LogP contribution is -2.05. The minimum Gasteiger partial charge on any atom is -0.481 e. The van der Waals surface area contributed by atoms with Crippen LogP contribution in [0.25, 0.3) is 0 Å². The Morgan fingerprint density at radius 2 is 2.16 bits per heavy atom. The summed E-state index contributed by atoms with van der Waals surface area (Å²) in [6.45, 7) is 0.224. The summed E-state index contributed by atoms with van der Waals surface area (Å²) in [7, 11) is 1.45. The fourth-order valence-electron chi connectivity index (χ4n) is 1.48. The fourth-order valence-corrected chi connectivity index (χ4v) is 1.70. The van der Waals surface area contributed by atoms with E-state index in [0.29, 0.717) is 17.3 Å². The molecule has 2 aromatic rings. The van der Waals surface area contributed by atoms with Crippen molar-refractivity contribution in [3.63, 3.8) is 0 Å². The molecule has 2 aromatic heterocycles. The van der Waals surface area contributed by atoms with Gasteiger partial charge in [0.05, 0.1) is 17.8 Å². The molecule has 7 heteroatoms. The van der Waals surface area contributed by atoms with Crippen LogP contribution in [0.2, 0.25) is 0 Å². The zero-order chi connectivity index (χ0) is 13.8. The van der Waals surface area contributed by atoms with E-state index in [4.69, 9.17) is 4.74 Å². The third-order valence-electron chi connectivity index (χ3n) is 2.35. The van der Waals surface area contributed by atoms with E-state index in [1.807, 2.05) is 0 Å². The molecule has 0 unspecified atom stereocenters. The molecular formula is C12H10BrF2N3O. The number of rotatable bonds is 4. The first kappa shape index (κ1) is 13.7. The number of aromatic nitrogens is 2. The van der Waals surface area contributed by atoms with Gasteiger partial charge >= 0.3 is 0 Å². The molecular weight excluding hydrogens is 320 g/mol. The fraction of sp³-hybridized carbons (Fsp3) is 0.167. The molecule has 0 saturated heterocycles. The summed E-state index contributed by atoms with van der Waals surface area (Å²) in [5.41, 5.74) is 0.521. The van der Waals surface area contributed by atoms with Gasteiger partial charge in [-0.3, -0.25) is 0 Å².